The predicted molar refractivity (Wildman–Crippen MR) is 123 cm³/mol. The Labute approximate surface area is 179 Å². The molecular formula is C23H32N6O. The molecule has 160 valence electrons. The summed E-state index contributed by atoms with van der Waals surface area (Å²) >= 11 is 0. The minimum absolute atomic E-state index is 0.735. The van der Waals surface area contributed by atoms with Gasteiger partial charge in [-0.25, -0.2) is 4.98 Å². The van der Waals surface area contributed by atoms with Crippen LogP contribution < -0.4 is 19.9 Å². The lowest BCUT2D eigenvalue weighted by Gasteiger charge is -2.37. The number of methoxy groups -OCH3 is 1. The largest absolute Gasteiger partial charge is 0.497 e. The molecule has 30 heavy (non-hydrogen) atoms. The van der Waals surface area contributed by atoms with Crippen LogP contribution in [-0.4, -0.2) is 69.3 Å². The summed E-state index contributed by atoms with van der Waals surface area (Å²) in [6, 6.07) is 12.6. The average molecular weight is 409 g/mol. The second kappa shape index (κ2) is 9.69. The molecule has 2 saturated heterocycles. The minimum atomic E-state index is 0.735. The highest BCUT2D eigenvalue weighted by molar-refractivity contribution is 5.80. The van der Waals surface area contributed by atoms with Gasteiger partial charge in [0.15, 0.2) is 5.96 Å². The number of hydrogen-bond donors (Lipinski definition) is 1. The van der Waals surface area contributed by atoms with Gasteiger partial charge in [0.2, 0.25) is 0 Å². The molecule has 1 aromatic heterocycles. The second-order valence-electron chi connectivity index (χ2n) is 7.79. The fourth-order valence-electron chi connectivity index (χ4n) is 4.14. The number of nitrogens with zero attached hydrogens (tertiary/aromatic N) is 5. The number of benzene rings is 1. The Morgan fingerprint density at radius 1 is 0.967 bits per heavy atom. The number of anilines is 2. The lowest BCUT2D eigenvalue weighted by molar-refractivity contribution is 0.372. The molecule has 0 amide bonds. The summed E-state index contributed by atoms with van der Waals surface area (Å²) in [6.07, 6.45) is 4.52. The summed E-state index contributed by atoms with van der Waals surface area (Å²) in [5.41, 5.74) is 2.42. The molecule has 2 aliphatic heterocycles. The minimum Gasteiger partial charge on any atom is -0.497 e. The van der Waals surface area contributed by atoms with E-state index in [0.717, 1.165) is 63.3 Å². The number of piperazine rings is 1. The maximum absolute atomic E-state index is 5.26. The molecule has 1 aromatic carbocycles. The van der Waals surface area contributed by atoms with Gasteiger partial charge in [-0.2, -0.15) is 0 Å². The van der Waals surface area contributed by atoms with E-state index < -0.39 is 0 Å². The predicted octanol–water partition coefficient (Wildman–Crippen LogP) is 2.59. The molecular weight excluding hydrogens is 376 g/mol. The van der Waals surface area contributed by atoms with E-state index in [1.165, 1.54) is 24.1 Å². The lowest BCUT2D eigenvalue weighted by Crippen LogP contribution is -2.52. The van der Waals surface area contributed by atoms with Gasteiger partial charge in [0.1, 0.15) is 11.6 Å². The Kier molecular flexibility index (Phi) is 6.57. The first kappa shape index (κ1) is 20.3. The molecule has 0 atom stereocenters. The van der Waals surface area contributed by atoms with Crippen LogP contribution in [-0.2, 0) is 6.54 Å². The smallest absolute Gasteiger partial charge is 0.194 e. The highest BCUT2D eigenvalue weighted by Gasteiger charge is 2.20. The standard InChI is InChI=1S/C23H32N6O/c1-24-23(26-18-19-5-10-22(25-17-19)28-11-3-4-12-28)29-15-13-27(14-16-29)20-6-8-21(30-2)9-7-20/h5-10,17H,3-4,11-16,18H2,1-2H3,(H,24,26). The number of pyridine rings is 1. The van der Waals surface area contributed by atoms with Crippen molar-refractivity contribution in [1.82, 2.24) is 15.2 Å². The van der Waals surface area contributed by atoms with Crippen molar-refractivity contribution in [3.05, 3.63) is 48.2 Å². The zero-order valence-corrected chi connectivity index (χ0v) is 18.0. The SMILES string of the molecule is CN=C(NCc1ccc(N2CCCC2)nc1)N1CCN(c2ccc(OC)cc2)CC1. The summed E-state index contributed by atoms with van der Waals surface area (Å²) in [6.45, 7) is 6.81. The molecule has 7 nitrogen and oxygen atoms in total. The Balaban J connectivity index is 1.27. The number of aliphatic imine (C=N–C) groups is 1. The van der Waals surface area contributed by atoms with Crippen molar-refractivity contribution in [2.24, 2.45) is 4.99 Å². The van der Waals surface area contributed by atoms with Crippen LogP contribution in [0.25, 0.3) is 0 Å². The van der Waals surface area contributed by atoms with Crippen molar-refractivity contribution in [2.45, 2.75) is 19.4 Å². The van der Waals surface area contributed by atoms with E-state index in [0.29, 0.717) is 0 Å². The molecule has 0 unspecified atom stereocenters. The van der Waals surface area contributed by atoms with Gasteiger partial charge in [-0.15, -0.1) is 0 Å². The van der Waals surface area contributed by atoms with E-state index in [4.69, 9.17) is 4.74 Å². The summed E-state index contributed by atoms with van der Waals surface area (Å²) in [5.74, 6) is 2.94. The second-order valence-corrected chi connectivity index (χ2v) is 7.79. The molecule has 1 N–H and O–H groups in total. The van der Waals surface area contributed by atoms with Crippen molar-refractivity contribution in [1.29, 1.82) is 0 Å². The van der Waals surface area contributed by atoms with E-state index in [1.54, 1.807) is 7.11 Å². The topological polar surface area (TPSA) is 56.2 Å². The van der Waals surface area contributed by atoms with Gasteiger partial charge in [0.05, 0.1) is 7.11 Å². The van der Waals surface area contributed by atoms with E-state index in [-0.39, 0.29) is 0 Å². The summed E-state index contributed by atoms with van der Waals surface area (Å²) < 4.78 is 5.26. The molecule has 0 saturated carbocycles. The third-order valence-electron chi connectivity index (χ3n) is 5.92. The number of hydrogen-bond acceptors (Lipinski definition) is 5. The van der Waals surface area contributed by atoms with Crippen LogP contribution in [0.15, 0.2) is 47.6 Å². The molecule has 7 heteroatoms. The first-order valence-corrected chi connectivity index (χ1v) is 10.8. The van der Waals surface area contributed by atoms with Gasteiger partial charge >= 0.3 is 0 Å². The number of nitrogens with one attached hydrogen (secondary N) is 1. The fraction of sp³-hybridized carbons (Fsp3) is 0.478. The Bertz CT molecular complexity index is 822. The van der Waals surface area contributed by atoms with E-state index >= 15 is 0 Å². The van der Waals surface area contributed by atoms with Crippen molar-refractivity contribution < 1.29 is 4.74 Å². The van der Waals surface area contributed by atoms with Crippen molar-refractivity contribution in [3.63, 3.8) is 0 Å². The maximum atomic E-state index is 5.26. The van der Waals surface area contributed by atoms with Crippen LogP contribution in [0.4, 0.5) is 11.5 Å². The number of rotatable bonds is 5. The maximum Gasteiger partial charge on any atom is 0.194 e. The lowest BCUT2D eigenvalue weighted by atomic mass is 10.2. The van der Waals surface area contributed by atoms with Gasteiger partial charge in [-0.1, -0.05) is 6.07 Å². The van der Waals surface area contributed by atoms with Crippen LogP contribution in [0, 0.1) is 0 Å². The van der Waals surface area contributed by atoms with E-state index in [9.17, 15) is 0 Å². The van der Waals surface area contributed by atoms with Crippen LogP contribution in [0.3, 0.4) is 0 Å². The number of aromatic nitrogens is 1. The van der Waals surface area contributed by atoms with Gasteiger partial charge in [0.25, 0.3) is 0 Å². The van der Waals surface area contributed by atoms with Crippen molar-refractivity contribution in [3.8, 4) is 5.75 Å². The Morgan fingerprint density at radius 3 is 2.30 bits per heavy atom. The van der Waals surface area contributed by atoms with Crippen LogP contribution >= 0.6 is 0 Å². The Morgan fingerprint density at radius 2 is 1.70 bits per heavy atom. The van der Waals surface area contributed by atoms with Crippen molar-refractivity contribution >= 4 is 17.5 Å². The molecule has 3 heterocycles. The molecule has 0 spiro atoms. The zero-order valence-electron chi connectivity index (χ0n) is 18.0. The molecule has 0 aliphatic carbocycles. The van der Waals surface area contributed by atoms with E-state index in [1.807, 2.05) is 25.4 Å². The van der Waals surface area contributed by atoms with Gasteiger partial charge in [0, 0.05) is 64.7 Å². The quantitative estimate of drug-likeness (QED) is 0.606. The highest BCUT2D eigenvalue weighted by Crippen LogP contribution is 2.21. The molecule has 0 bridgehead atoms. The highest BCUT2D eigenvalue weighted by atomic mass is 16.5. The molecule has 2 aliphatic rings. The number of guanidine groups is 1. The molecule has 4 rings (SSSR count). The third kappa shape index (κ3) is 4.78. The molecule has 0 radical (unpaired) electrons. The summed E-state index contributed by atoms with van der Waals surface area (Å²) in [4.78, 5) is 16.2. The van der Waals surface area contributed by atoms with Crippen LogP contribution in [0.1, 0.15) is 18.4 Å². The van der Waals surface area contributed by atoms with Crippen LogP contribution in [0.2, 0.25) is 0 Å². The first-order chi connectivity index (χ1) is 14.8. The normalized spacial score (nSPS) is 17.4. The number of ether oxygens (including phenoxy) is 1. The van der Waals surface area contributed by atoms with E-state index in [2.05, 4.69) is 54.3 Å². The first-order valence-electron chi connectivity index (χ1n) is 10.8. The average Bonchev–Trinajstić information content (AvgIpc) is 3.35. The molecule has 2 aromatic rings. The zero-order chi connectivity index (χ0) is 20.8. The van der Waals surface area contributed by atoms with Gasteiger partial charge in [-0.05, 0) is 48.7 Å². The monoisotopic (exact) mass is 408 g/mol. The van der Waals surface area contributed by atoms with Crippen molar-refractivity contribution in [2.75, 3.05) is 63.2 Å². The molecule has 2 fully saturated rings. The van der Waals surface area contributed by atoms with Gasteiger partial charge < -0.3 is 24.8 Å². The van der Waals surface area contributed by atoms with Gasteiger partial charge in [-0.3, -0.25) is 4.99 Å². The van der Waals surface area contributed by atoms with Crippen LogP contribution in [0.5, 0.6) is 5.75 Å². The summed E-state index contributed by atoms with van der Waals surface area (Å²) in [5, 5.41) is 3.50. The fourth-order valence-corrected chi connectivity index (χ4v) is 4.14. The summed E-state index contributed by atoms with van der Waals surface area (Å²) in [7, 11) is 3.55. The third-order valence-corrected chi connectivity index (χ3v) is 5.92. The Hall–Kier alpha value is -2.96.